The van der Waals surface area contributed by atoms with Crippen LogP contribution in [0.2, 0.25) is 0 Å². The maximum absolute atomic E-state index is 5.86. The Morgan fingerprint density at radius 3 is 3.00 bits per heavy atom. The molecule has 2 aromatic rings. The zero-order valence-electron chi connectivity index (χ0n) is 10.2. The maximum Gasteiger partial charge on any atom is 0.183 e. The largest absolute Gasteiger partial charge is 0.398 e. The lowest BCUT2D eigenvalue weighted by Gasteiger charge is -2.13. The van der Waals surface area contributed by atoms with Gasteiger partial charge in [0.15, 0.2) is 5.82 Å². The van der Waals surface area contributed by atoms with E-state index in [-0.39, 0.29) is 6.04 Å². The third kappa shape index (κ3) is 2.37. The van der Waals surface area contributed by atoms with Crippen LogP contribution in [0.5, 0.6) is 0 Å². The monoisotopic (exact) mass is 311 g/mol. The van der Waals surface area contributed by atoms with Gasteiger partial charge in [0.1, 0.15) is 0 Å². The minimum Gasteiger partial charge on any atom is -0.398 e. The van der Waals surface area contributed by atoms with Gasteiger partial charge in [0.05, 0.1) is 17.1 Å². The van der Waals surface area contributed by atoms with Crippen LogP contribution in [0.4, 0.5) is 5.69 Å². The van der Waals surface area contributed by atoms with Gasteiger partial charge in [-0.05, 0) is 45.4 Å². The van der Waals surface area contributed by atoms with Gasteiger partial charge in [-0.15, -0.1) is 5.10 Å². The fourth-order valence-corrected chi connectivity index (χ4v) is 2.14. The molecular formula is C11H14BrN5O. The van der Waals surface area contributed by atoms with Crippen LogP contribution in [-0.2, 0) is 4.74 Å². The quantitative estimate of drug-likeness (QED) is 0.872. The molecule has 1 atom stereocenters. The summed E-state index contributed by atoms with van der Waals surface area (Å²) in [5.41, 5.74) is 7.38. The van der Waals surface area contributed by atoms with E-state index in [1.165, 1.54) is 0 Å². The van der Waals surface area contributed by atoms with E-state index in [4.69, 9.17) is 10.5 Å². The number of halogens is 1. The molecule has 1 aromatic heterocycles. The first-order valence-electron chi connectivity index (χ1n) is 5.46. The van der Waals surface area contributed by atoms with Gasteiger partial charge in [0.25, 0.3) is 0 Å². The SMILES string of the molecule is COCC(C)n1nnnc1-c1cccc(N)c1Br. The first-order chi connectivity index (χ1) is 8.65. The second-order valence-electron chi connectivity index (χ2n) is 3.96. The number of rotatable bonds is 4. The van der Waals surface area contributed by atoms with E-state index in [0.717, 1.165) is 10.0 Å². The Morgan fingerprint density at radius 2 is 2.28 bits per heavy atom. The van der Waals surface area contributed by atoms with E-state index < -0.39 is 0 Å². The predicted molar refractivity (Wildman–Crippen MR) is 72.0 cm³/mol. The lowest BCUT2D eigenvalue weighted by atomic mass is 10.2. The summed E-state index contributed by atoms with van der Waals surface area (Å²) in [6.07, 6.45) is 0. The Morgan fingerprint density at radius 1 is 1.50 bits per heavy atom. The lowest BCUT2D eigenvalue weighted by Crippen LogP contribution is -2.14. The number of anilines is 1. The molecule has 0 aliphatic heterocycles. The minimum atomic E-state index is 0.0494. The molecular weight excluding hydrogens is 298 g/mol. The van der Waals surface area contributed by atoms with Crippen molar-refractivity contribution in [3.05, 3.63) is 22.7 Å². The van der Waals surface area contributed by atoms with Crippen molar-refractivity contribution in [1.82, 2.24) is 20.2 Å². The van der Waals surface area contributed by atoms with Gasteiger partial charge in [-0.2, -0.15) is 0 Å². The molecule has 1 heterocycles. The molecule has 18 heavy (non-hydrogen) atoms. The van der Waals surface area contributed by atoms with Gasteiger partial charge in [-0.25, -0.2) is 4.68 Å². The minimum absolute atomic E-state index is 0.0494. The van der Waals surface area contributed by atoms with Gasteiger partial charge in [-0.3, -0.25) is 0 Å². The molecule has 0 radical (unpaired) electrons. The number of methoxy groups -OCH3 is 1. The van der Waals surface area contributed by atoms with Crippen LogP contribution >= 0.6 is 15.9 Å². The van der Waals surface area contributed by atoms with Gasteiger partial charge >= 0.3 is 0 Å². The molecule has 96 valence electrons. The Labute approximate surface area is 113 Å². The highest BCUT2D eigenvalue weighted by molar-refractivity contribution is 9.10. The third-order valence-corrected chi connectivity index (χ3v) is 3.47. The summed E-state index contributed by atoms with van der Waals surface area (Å²) in [7, 11) is 1.65. The average molecular weight is 312 g/mol. The van der Waals surface area contributed by atoms with E-state index in [1.54, 1.807) is 11.8 Å². The van der Waals surface area contributed by atoms with E-state index in [0.29, 0.717) is 18.1 Å². The van der Waals surface area contributed by atoms with E-state index >= 15 is 0 Å². The number of ether oxygens (including phenoxy) is 1. The van der Waals surface area contributed by atoms with Crippen molar-refractivity contribution in [2.24, 2.45) is 0 Å². The van der Waals surface area contributed by atoms with Crippen LogP contribution < -0.4 is 5.73 Å². The highest BCUT2D eigenvalue weighted by atomic mass is 79.9. The van der Waals surface area contributed by atoms with Crippen LogP contribution in [-0.4, -0.2) is 33.9 Å². The molecule has 2 rings (SSSR count). The molecule has 0 aliphatic rings. The van der Waals surface area contributed by atoms with Crippen molar-refractivity contribution < 1.29 is 4.74 Å². The van der Waals surface area contributed by atoms with Crippen molar-refractivity contribution >= 4 is 21.6 Å². The number of nitrogens with two attached hydrogens (primary N) is 1. The molecule has 0 bridgehead atoms. The van der Waals surface area contributed by atoms with Crippen molar-refractivity contribution in [1.29, 1.82) is 0 Å². The number of hydrogen-bond donors (Lipinski definition) is 1. The van der Waals surface area contributed by atoms with Crippen molar-refractivity contribution in [3.8, 4) is 11.4 Å². The first-order valence-corrected chi connectivity index (χ1v) is 6.25. The second kappa shape index (κ2) is 5.45. The molecule has 1 unspecified atom stereocenters. The summed E-state index contributed by atoms with van der Waals surface area (Å²) in [5.74, 6) is 0.665. The molecule has 7 heteroatoms. The Bertz CT molecular complexity index is 542. The summed E-state index contributed by atoms with van der Waals surface area (Å²) in [4.78, 5) is 0. The van der Waals surface area contributed by atoms with E-state index in [2.05, 4.69) is 31.5 Å². The molecule has 6 nitrogen and oxygen atoms in total. The second-order valence-corrected chi connectivity index (χ2v) is 4.75. The third-order valence-electron chi connectivity index (χ3n) is 2.59. The average Bonchev–Trinajstić information content (AvgIpc) is 2.82. The number of nitrogens with zero attached hydrogens (tertiary/aromatic N) is 4. The highest BCUT2D eigenvalue weighted by Crippen LogP contribution is 2.31. The summed E-state index contributed by atoms with van der Waals surface area (Å²) < 4.78 is 7.64. The summed E-state index contributed by atoms with van der Waals surface area (Å²) in [5, 5.41) is 11.8. The zero-order chi connectivity index (χ0) is 13.1. The number of aromatic nitrogens is 4. The van der Waals surface area contributed by atoms with Gasteiger partial charge in [0, 0.05) is 18.4 Å². The molecule has 1 aromatic carbocycles. The first kappa shape index (κ1) is 13.0. The number of nitrogen functional groups attached to an aromatic ring is 1. The molecule has 0 spiro atoms. The Hall–Kier alpha value is -1.47. The number of hydrogen-bond acceptors (Lipinski definition) is 5. The smallest absolute Gasteiger partial charge is 0.183 e. The molecule has 0 amide bonds. The van der Waals surface area contributed by atoms with Crippen LogP contribution in [0.1, 0.15) is 13.0 Å². The summed E-state index contributed by atoms with van der Waals surface area (Å²) in [6.45, 7) is 2.53. The van der Waals surface area contributed by atoms with E-state index in [1.807, 2.05) is 25.1 Å². The molecule has 0 fully saturated rings. The predicted octanol–water partition coefficient (Wildman–Crippen LogP) is 1.89. The highest BCUT2D eigenvalue weighted by Gasteiger charge is 2.17. The Balaban J connectivity index is 2.45. The fourth-order valence-electron chi connectivity index (χ4n) is 1.70. The molecule has 0 saturated heterocycles. The van der Waals surface area contributed by atoms with Crippen molar-refractivity contribution in [3.63, 3.8) is 0 Å². The molecule has 2 N–H and O–H groups in total. The van der Waals surface area contributed by atoms with Gasteiger partial charge in [-0.1, -0.05) is 6.07 Å². The maximum atomic E-state index is 5.86. The van der Waals surface area contributed by atoms with Crippen molar-refractivity contribution in [2.75, 3.05) is 19.5 Å². The normalized spacial score (nSPS) is 12.6. The lowest BCUT2D eigenvalue weighted by molar-refractivity contribution is 0.156. The van der Waals surface area contributed by atoms with Crippen LogP contribution in [0, 0.1) is 0 Å². The Kier molecular flexibility index (Phi) is 3.93. The summed E-state index contributed by atoms with van der Waals surface area (Å²) >= 11 is 3.46. The van der Waals surface area contributed by atoms with Crippen molar-refractivity contribution in [2.45, 2.75) is 13.0 Å². The van der Waals surface area contributed by atoms with Gasteiger partial charge in [0.2, 0.25) is 0 Å². The zero-order valence-corrected chi connectivity index (χ0v) is 11.8. The molecule has 0 saturated carbocycles. The standard InChI is InChI=1S/C11H14BrN5O/c1-7(6-18-2)17-11(14-15-16-17)8-4-3-5-9(13)10(8)12/h3-5,7H,6,13H2,1-2H3. The van der Waals surface area contributed by atoms with Crippen LogP contribution in [0.25, 0.3) is 11.4 Å². The number of tetrazole rings is 1. The fraction of sp³-hybridized carbons (Fsp3) is 0.364. The van der Waals surface area contributed by atoms with Crippen LogP contribution in [0.15, 0.2) is 22.7 Å². The number of benzene rings is 1. The van der Waals surface area contributed by atoms with E-state index in [9.17, 15) is 0 Å². The van der Waals surface area contributed by atoms with Gasteiger partial charge < -0.3 is 10.5 Å². The summed E-state index contributed by atoms with van der Waals surface area (Å²) in [6, 6.07) is 5.66. The molecule has 0 aliphatic carbocycles. The topological polar surface area (TPSA) is 78.8 Å². The van der Waals surface area contributed by atoms with Crippen LogP contribution in [0.3, 0.4) is 0 Å².